The fourth-order valence-electron chi connectivity index (χ4n) is 9.22. The lowest BCUT2D eigenvalue weighted by atomic mass is 9.50. The number of aryl methyl sites for hydroxylation is 1. The zero-order chi connectivity index (χ0) is 36.6. The van der Waals surface area contributed by atoms with Crippen LogP contribution in [-0.4, -0.2) is 69.4 Å². The third-order valence-corrected chi connectivity index (χ3v) is 18.7. The van der Waals surface area contributed by atoms with Crippen molar-refractivity contribution in [1.29, 1.82) is 0 Å². The molecule has 3 saturated heterocycles. The molecule has 3 heterocycles. The Morgan fingerprint density at radius 2 is 1.57 bits per heavy atom. The van der Waals surface area contributed by atoms with E-state index in [-0.39, 0.29) is 30.1 Å². The van der Waals surface area contributed by atoms with E-state index in [0.717, 1.165) is 33.1 Å². The second kappa shape index (κ2) is 14.8. The molecule has 51 heavy (non-hydrogen) atoms. The molecule has 0 spiro atoms. The zero-order valence-electron chi connectivity index (χ0n) is 30.0. The van der Waals surface area contributed by atoms with Crippen molar-refractivity contribution in [3.8, 4) is 0 Å². The first-order valence-electron chi connectivity index (χ1n) is 17.9. The van der Waals surface area contributed by atoms with Gasteiger partial charge in [-0.25, -0.2) is 12.7 Å². The second-order valence-corrected chi connectivity index (χ2v) is 22.2. The highest BCUT2D eigenvalue weighted by Crippen LogP contribution is 2.58. The van der Waals surface area contributed by atoms with Crippen molar-refractivity contribution in [1.82, 2.24) is 9.21 Å². The molecule has 1 aliphatic carbocycles. The molecule has 0 aromatic heterocycles. The Morgan fingerprint density at radius 3 is 2.12 bits per heavy atom. The summed E-state index contributed by atoms with van der Waals surface area (Å²) >= 11 is 2.22. The van der Waals surface area contributed by atoms with Gasteiger partial charge in [0, 0.05) is 30.8 Å². The fourth-order valence-corrected chi connectivity index (χ4v) is 15.7. The predicted octanol–water partition coefficient (Wildman–Crippen LogP) is 6.65. The maximum Gasteiger partial charge on any atom is 0.266 e. The van der Waals surface area contributed by atoms with Crippen LogP contribution in [0.15, 0.2) is 113 Å². The molecular weight excluding hydrogens is 788 g/mol. The summed E-state index contributed by atoms with van der Waals surface area (Å²) in [5, 5.41) is 1.70. The number of carbonyl (C=O) groups excluding carboxylic acids is 2. The number of allylic oxidation sites excluding steroid dienone is 2. The van der Waals surface area contributed by atoms with E-state index >= 15 is 4.79 Å². The van der Waals surface area contributed by atoms with Gasteiger partial charge in [-0.2, -0.15) is 0 Å². The SMILES string of the molecule is C=CC[C@]12C(=O)N(S(=O)(=O)c3ccc(C)cc3)C[C@H](O[Si](c3ccccc3)(c3ccccc3)C(C)(C)C)[C@H]1[C@@H]1CN(CCC/C=C\I)[C@H]2CC1=O. The number of fused-ring (bicyclic) bond motifs is 2. The number of unbranched alkanes of at least 4 members (excludes halogenated alkanes) is 1. The Bertz CT molecular complexity index is 1840. The van der Waals surface area contributed by atoms with E-state index in [1.54, 1.807) is 30.3 Å². The van der Waals surface area contributed by atoms with Crippen LogP contribution in [0.5, 0.6) is 0 Å². The van der Waals surface area contributed by atoms with Crippen molar-refractivity contribution >= 4 is 63.0 Å². The topological polar surface area (TPSA) is 84.0 Å². The second-order valence-electron chi connectivity index (χ2n) is 15.3. The molecule has 0 unspecified atom stereocenters. The quantitative estimate of drug-likeness (QED) is 0.0880. The number of rotatable bonds is 12. The van der Waals surface area contributed by atoms with E-state index in [0.29, 0.717) is 13.1 Å². The van der Waals surface area contributed by atoms with E-state index in [1.165, 1.54) is 0 Å². The number of sulfonamides is 1. The monoisotopic (exact) mass is 836 g/mol. The van der Waals surface area contributed by atoms with Gasteiger partial charge >= 0.3 is 0 Å². The lowest BCUT2D eigenvalue weighted by Crippen LogP contribution is -2.78. The Labute approximate surface area is 318 Å². The van der Waals surface area contributed by atoms with Gasteiger partial charge in [-0.1, -0.05) is 134 Å². The lowest BCUT2D eigenvalue weighted by Gasteiger charge is -2.64. The number of amides is 1. The Morgan fingerprint density at radius 1 is 0.961 bits per heavy atom. The normalized spacial score (nSPS) is 25.7. The molecule has 0 N–H and O–H groups in total. The number of benzene rings is 3. The average Bonchev–Trinajstić information content (AvgIpc) is 3.11. The van der Waals surface area contributed by atoms with Crippen LogP contribution in [0.4, 0.5) is 0 Å². The van der Waals surface area contributed by atoms with Crippen molar-refractivity contribution in [2.45, 2.75) is 75.5 Å². The minimum Gasteiger partial charge on any atom is -0.402 e. The minimum absolute atomic E-state index is 0.0670. The van der Waals surface area contributed by atoms with Gasteiger partial charge in [0.05, 0.1) is 23.0 Å². The van der Waals surface area contributed by atoms with Gasteiger partial charge in [-0.15, -0.1) is 6.58 Å². The lowest BCUT2D eigenvalue weighted by molar-refractivity contribution is -0.193. The summed E-state index contributed by atoms with van der Waals surface area (Å²) in [5.41, 5.74) is -0.296. The molecule has 2 bridgehead atoms. The third kappa shape index (κ3) is 6.53. The van der Waals surface area contributed by atoms with Gasteiger partial charge < -0.3 is 4.43 Å². The number of Topliss-reactive ketones (excluding diaryl/α,β-unsaturated/α-hetero) is 1. The van der Waals surface area contributed by atoms with Crippen molar-refractivity contribution in [3.63, 3.8) is 0 Å². The van der Waals surface area contributed by atoms with Crippen LogP contribution >= 0.6 is 22.6 Å². The van der Waals surface area contributed by atoms with Gasteiger partial charge in [0.25, 0.3) is 18.3 Å². The Kier molecular flexibility index (Phi) is 11.0. The number of carbonyl (C=O) groups is 2. The summed E-state index contributed by atoms with van der Waals surface area (Å²) in [6.07, 6.45) is 5.32. The number of hydrogen-bond acceptors (Lipinski definition) is 6. The maximum absolute atomic E-state index is 15.3. The highest BCUT2D eigenvalue weighted by Gasteiger charge is 2.70. The van der Waals surface area contributed by atoms with E-state index in [1.807, 2.05) is 47.4 Å². The Hall–Kier alpha value is -2.90. The zero-order valence-corrected chi connectivity index (χ0v) is 34.0. The first kappa shape index (κ1) is 37.8. The van der Waals surface area contributed by atoms with Gasteiger partial charge in [0.2, 0.25) is 5.91 Å². The van der Waals surface area contributed by atoms with Crippen LogP contribution < -0.4 is 10.4 Å². The highest BCUT2D eigenvalue weighted by molar-refractivity contribution is 14.1. The van der Waals surface area contributed by atoms with Crippen LogP contribution in [0, 0.1) is 24.2 Å². The highest BCUT2D eigenvalue weighted by atomic mass is 127. The molecule has 270 valence electrons. The molecular formula is C41H49IN2O5SSi. The average molecular weight is 837 g/mol. The van der Waals surface area contributed by atoms with Crippen LogP contribution in [0.1, 0.15) is 52.0 Å². The van der Waals surface area contributed by atoms with Crippen molar-refractivity contribution in [3.05, 3.63) is 113 Å². The first-order chi connectivity index (χ1) is 24.3. The van der Waals surface area contributed by atoms with Crippen molar-refractivity contribution in [2.24, 2.45) is 17.3 Å². The molecule has 10 heteroatoms. The molecule has 1 saturated carbocycles. The molecule has 3 aromatic carbocycles. The number of hydrogen-bond donors (Lipinski definition) is 0. The summed E-state index contributed by atoms with van der Waals surface area (Å²) in [7, 11) is -7.54. The van der Waals surface area contributed by atoms with Crippen LogP contribution in [0.3, 0.4) is 0 Å². The molecule has 3 aromatic rings. The molecule has 0 radical (unpaired) electrons. The molecule has 4 aliphatic rings. The predicted molar refractivity (Wildman–Crippen MR) is 214 cm³/mol. The standard InChI is InChI=1S/C41H49IN2O5SSi/c1-6-24-41-37-27-35(45)34(28-43(37)26-15-9-14-25-42)38(41)36(29-44(39(41)46)50(47,48)31-22-20-30(2)21-23-31)49-51(40(3,4)5,32-16-10-7-11-17-32)33-18-12-8-13-19-33/h6-8,10-14,16-23,25,34,36-38H,1,9,15,24,26-29H2,2-5H3/b25-14-/t34-,36+,37+,38-,41-/m1/s1. The minimum atomic E-state index is -4.29. The van der Waals surface area contributed by atoms with Gasteiger partial charge in [0.1, 0.15) is 5.78 Å². The summed E-state index contributed by atoms with van der Waals surface area (Å²) in [5.74, 6) is -1.32. The molecule has 4 fully saturated rings. The number of nitrogens with zero attached hydrogens (tertiary/aromatic N) is 2. The van der Waals surface area contributed by atoms with E-state index < -0.39 is 58.7 Å². The van der Waals surface area contributed by atoms with Crippen LogP contribution in [0.25, 0.3) is 0 Å². The number of halogens is 1. The van der Waals surface area contributed by atoms with Crippen molar-refractivity contribution < 1.29 is 22.4 Å². The fraction of sp³-hybridized carbons (Fsp3) is 0.415. The molecule has 7 nitrogen and oxygen atoms in total. The molecule has 7 rings (SSSR count). The van der Waals surface area contributed by atoms with Crippen LogP contribution in [-0.2, 0) is 24.0 Å². The summed E-state index contributed by atoms with van der Waals surface area (Å²) < 4.78 is 40.3. The largest absolute Gasteiger partial charge is 0.402 e. The van der Waals surface area contributed by atoms with Gasteiger partial charge in [-0.3, -0.25) is 14.5 Å². The first-order valence-corrected chi connectivity index (χ1v) is 22.5. The van der Waals surface area contributed by atoms with Crippen molar-refractivity contribution in [2.75, 3.05) is 19.6 Å². The summed E-state index contributed by atoms with van der Waals surface area (Å²) in [6.45, 7) is 13.7. The van der Waals surface area contributed by atoms with E-state index in [2.05, 4.69) is 85.2 Å². The van der Waals surface area contributed by atoms with Gasteiger partial charge in [0.15, 0.2) is 0 Å². The van der Waals surface area contributed by atoms with E-state index in [4.69, 9.17) is 4.43 Å². The molecule has 1 amide bonds. The van der Waals surface area contributed by atoms with Gasteiger partial charge in [-0.05, 0) is 64.4 Å². The Balaban J connectivity index is 1.58. The molecule has 5 atom stereocenters. The van der Waals surface area contributed by atoms with E-state index in [9.17, 15) is 13.2 Å². The summed E-state index contributed by atoms with van der Waals surface area (Å²) in [6, 6.07) is 26.7. The summed E-state index contributed by atoms with van der Waals surface area (Å²) in [4.78, 5) is 31.8. The smallest absolute Gasteiger partial charge is 0.266 e. The van der Waals surface area contributed by atoms with Crippen LogP contribution in [0.2, 0.25) is 5.04 Å². The number of ketones is 1. The third-order valence-electron chi connectivity index (χ3n) is 11.4. The number of piperidine rings is 3. The maximum atomic E-state index is 15.3. The molecule has 3 aliphatic heterocycles.